The fourth-order valence-corrected chi connectivity index (χ4v) is 2.98. The maximum Gasteiger partial charge on any atom is 0.198 e. The van der Waals surface area contributed by atoms with Crippen molar-refractivity contribution in [3.05, 3.63) is 52.2 Å². The van der Waals surface area contributed by atoms with Gasteiger partial charge in [-0.05, 0) is 25.5 Å². The first kappa shape index (κ1) is 12.6. The maximum absolute atomic E-state index is 6.17. The standard InChI is InChI=1S/C15H13ClN4O/c1-8-9(2)20-14(18-19-15(20)13(16)17-8)12-7-10-5-3-4-6-11(10)21-12/h3-6,12H,7H2,1-2H3. The van der Waals surface area contributed by atoms with Gasteiger partial charge in [-0.1, -0.05) is 29.8 Å². The summed E-state index contributed by atoms with van der Waals surface area (Å²) in [5.74, 6) is 1.68. The third-order valence-corrected chi connectivity index (χ3v) is 4.19. The van der Waals surface area contributed by atoms with Gasteiger partial charge in [-0.25, -0.2) is 4.98 Å². The van der Waals surface area contributed by atoms with E-state index in [-0.39, 0.29) is 6.10 Å². The fourth-order valence-electron chi connectivity index (χ4n) is 2.74. The van der Waals surface area contributed by atoms with Crippen LogP contribution in [0.25, 0.3) is 5.65 Å². The Morgan fingerprint density at radius 3 is 2.86 bits per heavy atom. The Balaban J connectivity index is 1.86. The van der Waals surface area contributed by atoms with Crippen molar-refractivity contribution in [3.63, 3.8) is 0 Å². The Morgan fingerprint density at radius 2 is 2.05 bits per heavy atom. The Hall–Kier alpha value is -2.14. The third kappa shape index (κ3) is 1.81. The SMILES string of the molecule is Cc1nc(Cl)c2nnc(C3Cc4ccccc4O3)n2c1C. The quantitative estimate of drug-likeness (QED) is 0.693. The molecule has 3 aromatic rings. The second kappa shape index (κ2) is 4.43. The number of aryl methyl sites for hydroxylation is 2. The van der Waals surface area contributed by atoms with Gasteiger partial charge in [0.2, 0.25) is 0 Å². The smallest absolute Gasteiger partial charge is 0.198 e. The molecule has 0 N–H and O–H groups in total. The van der Waals surface area contributed by atoms with E-state index in [0.717, 1.165) is 29.4 Å². The van der Waals surface area contributed by atoms with Crippen molar-refractivity contribution in [1.29, 1.82) is 0 Å². The number of ether oxygens (including phenoxy) is 1. The van der Waals surface area contributed by atoms with Gasteiger partial charge >= 0.3 is 0 Å². The van der Waals surface area contributed by atoms with Crippen LogP contribution in [-0.2, 0) is 6.42 Å². The van der Waals surface area contributed by atoms with Crippen LogP contribution in [0.2, 0.25) is 5.15 Å². The number of halogens is 1. The van der Waals surface area contributed by atoms with Crippen LogP contribution in [0.3, 0.4) is 0 Å². The highest BCUT2D eigenvalue weighted by molar-refractivity contribution is 6.32. The molecule has 1 aromatic carbocycles. The topological polar surface area (TPSA) is 52.3 Å². The predicted octanol–water partition coefficient (Wildman–Crippen LogP) is 3.07. The maximum atomic E-state index is 6.17. The zero-order valence-corrected chi connectivity index (χ0v) is 12.4. The summed E-state index contributed by atoms with van der Waals surface area (Å²) in [7, 11) is 0. The molecule has 1 unspecified atom stereocenters. The minimum atomic E-state index is -0.144. The van der Waals surface area contributed by atoms with Crippen LogP contribution in [0.5, 0.6) is 5.75 Å². The monoisotopic (exact) mass is 300 g/mol. The fraction of sp³-hybridized carbons (Fsp3) is 0.267. The molecule has 1 atom stereocenters. The summed E-state index contributed by atoms with van der Waals surface area (Å²) < 4.78 is 7.95. The van der Waals surface area contributed by atoms with Crippen LogP contribution in [0.4, 0.5) is 0 Å². The molecule has 5 nitrogen and oxygen atoms in total. The summed E-state index contributed by atoms with van der Waals surface area (Å²) in [6.45, 7) is 3.91. The summed E-state index contributed by atoms with van der Waals surface area (Å²) in [4.78, 5) is 4.28. The molecule has 0 fully saturated rings. The largest absolute Gasteiger partial charge is 0.482 e. The number of para-hydroxylation sites is 1. The van der Waals surface area contributed by atoms with Gasteiger partial charge in [0.15, 0.2) is 22.7 Å². The second-order valence-corrected chi connectivity index (χ2v) is 5.57. The van der Waals surface area contributed by atoms with Crippen LogP contribution >= 0.6 is 11.6 Å². The molecule has 0 bridgehead atoms. The number of rotatable bonds is 1. The van der Waals surface area contributed by atoms with Gasteiger partial charge in [0.05, 0.1) is 5.69 Å². The van der Waals surface area contributed by atoms with Crippen molar-refractivity contribution in [2.75, 3.05) is 0 Å². The molecule has 4 rings (SSSR count). The van der Waals surface area contributed by atoms with E-state index < -0.39 is 0 Å². The van der Waals surface area contributed by atoms with Gasteiger partial charge < -0.3 is 4.74 Å². The van der Waals surface area contributed by atoms with E-state index in [4.69, 9.17) is 16.3 Å². The van der Waals surface area contributed by atoms with Crippen LogP contribution in [0.1, 0.15) is 28.9 Å². The number of hydrogen-bond donors (Lipinski definition) is 0. The van der Waals surface area contributed by atoms with E-state index in [1.54, 1.807) is 0 Å². The lowest BCUT2D eigenvalue weighted by Crippen LogP contribution is -2.11. The van der Waals surface area contributed by atoms with Gasteiger partial charge in [0.1, 0.15) is 5.75 Å². The van der Waals surface area contributed by atoms with Crippen molar-refractivity contribution in [2.45, 2.75) is 26.4 Å². The lowest BCUT2D eigenvalue weighted by Gasteiger charge is -2.11. The molecule has 106 valence electrons. The second-order valence-electron chi connectivity index (χ2n) is 5.21. The third-order valence-electron chi connectivity index (χ3n) is 3.93. The molecule has 3 heterocycles. The van der Waals surface area contributed by atoms with Crippen molar-refractivity contribution in [2.24, 2.45) is 0 Å². The van der Waals surface area contributed by atoms with Gasteiger partial charge in [-0.3, -0.25) is 4.40 Å². The molecule has 0 amide bonds. The number of fused-ring (bicyclic) bond motifs is 2. The van der Waals surface area contributed by atoms with Gasteiger partial charge in [-0.2, -0.15) is 0 Å². The highest BCUT2D eigenvalue weighted by Crippen LogP contribution is 2.36. The van der Waals surface area contributed by atoms with E-state index in [1.807, 2.05) is 36.4 Å². The molecule has 2 aromatic heterocycles. The van der Waals surface area contributed by atoms with Gasteiger partial charge in [0.25, 0.3) is 0 Å². The van der Waals surface area contributed by atoms with Crippen LogP contribution < -0.4 is 4.74 Å². The summed E-state index contributed by atoms with van der Waals surface area (Å²) in [5.41, 5.74) is 3.61. The predicted molar refractivity (Wildman–Crippen MR) is 78.8 cm³/mol. The van der Waals surface area contributed by atoms with Gasteiger partial charge in [0, 0.05) is 12.1 Å². The summed E-state index contributed by atoms with van der Waals surface area (Å²) in [6, 6.07) is 8.04. The molecule has 0 saturated heterocycles. The van der Waals surface area contributed by atoms with E-state index >= 15 is 0 Å². The Labute approximate surface area is 126 Å². The number of aromatic nitrogens is 4. The zero-order chi connectivity index (χ0) is 14.6. The molecule has 0 saturated carbocycles. The Bertz CT molecular complexity index is 833. The van der Waals surface area contributed by atoms with E-state index in [1.165, 1.54) is 5.56 Å². The van der Waals surface area contributed by atoms with Crippen molar-refractivity contribution in [1.82, 2.24) is 19.6 Å². The molecule has 1 aliphatic heterocycles. The minimum Gasteiger partial charge on any atom is -0.482 e. The minimum absolute atomic E-state index is 0.144. The number of benzene rings is 1. The Morgan fingerprint density at radius 1 is 1.24 bits per heavy atom. The summed E-state index contributed by atoms with van der Waals surface area (Å²) >= 11 is 6.17. The Kier molecular flexibility index (Phi) is 2.65. The van der Waals surface area contributed by atoms with Crippen molar-refractivity contribution in [3.8, 4) is 5.75 Å². The molecule has 6 heteroatoms. The first-order chi connectivity index (χ1) is 10.1. The molecular formula is C15H13ClN4O. The normalized spacial score (nSPS) is 17.0. The van der Waals surface area contributed by atoms with Crippen molar-refractivity contribution < 1.29 is 4.74 Å². The number of nitrogens with zero attached hydrogens (tertiary/aromatic N) is 4. The molecule has 0 radical (unpaired) electrons. The average molecular weight is 301 g/mol. The molecule has 0 aliphatic carbocycles. The zero-order valence-electron chi connectivity index (χ0n) is 11.7. The first-order valence-corrected chi connectivity index (χ1v) is 7.15. The van der Waals surface area contributed by atoms with E-state index in [2.05, 4.69) is 21.2 Å². The molecular weight excluding hydrogens is 288 g/mol. The van der Waals surface area contributed by atoms with Crippen LogP contribution in [0.15, 0.2) is 24.3 Å². The molecule has 0 spiro atoms. The highest BCUT2D eigenvalue weighted by atomic mass is 35.5. The summed E-state index contributed by atoms with van der Waals surface area (Å²) in [5, 5.41) is 8.82. The lowest BCUT2D eigenvalue weighted by atomic mass is 10.1. The highest BCUT2D eigenvalue weighted by Gasteiger charge is 2.29. The van der Waals surface area contributed by atoms with Gasteiger partial charge in [-0.15, -0.1) is 10.2 Å². The molecule has 21 heavy (non-hydrogen) atoms. The number of hydrogen-bond acceptors (Lipinski definition) is 4. The molecule has 1 aliphatic rings. The first-order valence-electron chi connectivity index (χ1n) is 6.77. The summed E-state index contributed by atoms with van der Waals surface area (Å²) in [6.07, 6.45) is 0.643. The van der Waals surface area contributed by atoms with Crippen molar-refractivity contribution >= 4 is 17.2 Å². The average Bonchev–Trinajstić information content (AvgIpc) is 3.08. The van der Waals surface area contributed by atoms with E-state index in [9.17, 15) is 0 Å². The lowest BCUT2D eigenvalue weighted by molar-refractivity contribution is 0.226. The van der Waals surface area contributed by atoms with E-state index in [0.29, 0.717) is 10.8 Å². The van der Waals surface area contributed by atoms with Crippen LogP contribution in [-0.4, -0.2) is 19.6 Å². The van der Waals surface area contributed by atoms with Crippen LogP contribution in [0, 0.1) is 13.8 Å².